The number of aliphatic carboxylic acids is 1. The van der Waals surface area contributed by atoms with Gasteiger partial charge in [-0.2, -0.15) is 0 Å². The number of nitrogens with zero attached hydrogens (tertiary/aromatic N) is 2. The molecule has 0 radical (unpaired) electrons. The summed E-state index contributed by atoms with van der Waals surface area (Å²) >= 11 is 0. The highest BCUT2D eigenvalue weighted by atomic mass is 16.5. The van der Waals surface area contributed by atoms with Crippen molar-refractivity contribution in [2.45, 2.75) is 18.4 Å². The lowest BCUT2D eigenvalue weighted by atomic mass is 9.98. The monoisotopic (exact) mass is 453 g/mol. The average molecular weight is 453 g/mol. The minimum absolute atomic E-state index is 0.102. The summed E-state index contributed by atoms with van der Waals surface area (Å²) in [5, 5.41) is 11.5. The van der Waals surface area contributed by atoms with Crippen LogP contribution in [-0.2, 0) is 19.1 Å². The maximum absolute atomic E-state index is 12.5. The number of hydrogen-bond donors (Lipinski definition) is 2. The van der Waals surface area contributed by atoms with E-state index in [9.17, 15) is 19.2 Å². The van der Waals surface area contributed by atoms with Crippen LogP contribution >= 0.6 is 0 Å². The zero-order chi connectivity index (χ0) is 24.1. The molecule has 3 rings (SSSR count). The van der Waals surface area contributed by atoms with E-state index in [1.54, 1.807) is 0 Å². The van der Waals surface area contributed by atoms with Gasteiger partial charge in [-0.05, 0) is 22.3 Å². The molecule has 1 aliphatic carbocycles. The van der Waals surface area contributed by atoms with Crippen LogP contribution in [0.15, 0.2) is 48.5 Å². The standard InChI is InChI=1S/C24H27N3O6/c1-26(2)23(31)20(12-22(29)30)27(3)21(28)13-25-24(32)33-14-19-17-10-6-4-8-15(17)16-9-5-7-11-18(16)19/h4-11,19-20H,12-14H2,1-3H3,(H,25,32)(H,29,30)/t20-/m0/s1. The van der Waals surface area contributed by atoms with Gasteiger partial charge in [0, 0.05) is 27.1 Å². The molecule has 0 aromatic heterocycles. The van der Waals surface area contributed by atoms with E-state index < -0.39 is 42.9 Å². The zero-order valence-corrected chi connectivity index (χ0v) is 18.8. The molecule has 2 aromatic carbocycles. The molecule has 0 fully saturated rings. The Labute approximate surface area is 191 Å². The molecule has 1 aliphatic rings. The number of carbonyl (C=O) groups is 4. The Morgan fingerprint density at radius 2 is 1.52 bits per heavy atom. The summed E-state index contributed by atoms with van der Waals surface area (Å²) in [7, 11) is 4.28. The number of nitrogens with one attached hydrogen (secondary N) is 1. The molecule has 0 bridgehead atoms. The molecule has 2 aromatic rings. The summed E-state index contributed by atoms with van der Waals surface area (Å²) in [6.45, 7) is -0.325. The molecule has 0 heterocycles. The van der Waals surface area contributed by atoms with Crippen molar-refractivity contribution in [2.75, 3.05) is 34.3 Å². The van der Waals surface area contributed by atoms with Crippen LogP contribution < -0.4 is 5.32 Å². The summed E-state index contributed by atoms with van der Waals surface area (Å²) in [6, 6.07) is 14.7. The summed E-state index contributed by atoms with van der Waals surface area (Å²) in [4.78, 5) is 50.4. The Morgan fingerprint density at radius 1 is 0.970 bits per heavy atom. The molecular weight excluding hydrogens is 426 g/mol. The number of carbonyl (C=O) groups excluding carboxylic acids is 3. The number of fused-ring (bicyclic) bond motifs is 3. The predicted octanol–water partition coefficient (Wildman–Crippen LogP) is 1.92. The van der Waals surface area contributed by atoms with Crippen molar-refractivity contribution >= 4 is 23.9 Å². The molecule has 9 nitrogen and oxygen atoms in total. The molecule has 33 heavy (non-hydrogen) atoms. The van der Waals surface area contributed by atoms with Crippen LogP contribution in [0.3, 0.4) is 0 Å². The van der Waals surface area contributed by atoms with E-state index in [-0.39, 0.29) is 12.5 Å². The SMILES string of the molecule is CN(C)C(=O)[C@H](CC(=O)O)N(C)C(=O)CNC(=O)OCC1c2ccccc2-c2ccccc21. The number of likely N-dealkylation sites (N-methyl/N-ethyl adjacent to an activating group) is 2. The van der Waals surface area contributed by atoms with Gasteiger partial charge in [0.1, 0.15) is 19.2 Å². The van der Waals surface area contributed by atoms with Crippen molar-refractivity contribution in [1.82, 2.24) is 15.1 Å². The van der Waals surface area contributed by atoms with Gasteiger partial charge in [0.05, 0.1) is 6.42 Å². The molecule has 1 atom stereocenters. The Morgan fingerprint density at radius 3 is 2.03 bits per heavy atom. The number of amides is 3. The minimum atomic E-state index is -1.21. The van der Waals surface area contributed by atoms with E-state index >= 15 is 0 Å². The molecule has 2 N–H and O–H groups in total. The third-order valence-electron chi connectivity index (χ3n) is 5.68. The highest BCUT2D eigenvalue weighted by Gasteiger charge is 2.31. The van der Waals surface area contributed by atoms with E-state index in [1.807, 2.05) is 48.5 Å². The predicted molar refractivity (Wildman–Crippen MR) is 121 cm³/mol. The second-order valence-corrected chi connectivity index (χ2v) is 8.03. The quantitative estimate of drug-likeness (QED) is 0.631. The fourth-order valence-corrected chi connectivity index (χ4v) is 3.95. The Kier molecular flexibility index (Phi) is 7.32. The molecule has 0 saturated carbocycles. The first-order valence-electron chi connectivity index (χ1n) is 10.5. The van der Waals surface area contributed by atoms with Crippen LogP contribution in [0.25, 0.3) is 11.1 Å². The van der Waals surface area contributed by atoms with Gasteiger partial charge >= 0.3 is 12.1 Å². The lowest BCUT2D eigenvalue weighted by molar-refractivity contribution is -0.148. The summed E-state index contributed by atoms with van der Waals surface area (Å²) in [5.74, 6) is -2.45. The first-order chi connectivity index (χ1) is 15.7. The average Bonchev–Trinajstić information content (AvgIpc) is 3.12. The van der Waals surface area contributed by atoms with Crippen LogP contribution in [0.1, 0.15) is 23.5 Å². The third kappa shape index (κ3) is 5.31. The molecular formula is C24H27N3O6. The lowest BCUT2D eigenvalue weighted by Crippen LogP contribution is -2.50. The summed E-state index contributed by atoms with van der Waals surface area (Å²) in [6.07, 6.45) is -1.31. The number of benzene rings is 2. The van der Waals surface area contributed by atoms with Crippen LogP contribution in [0, 0.1) is 0 Å². The number of ether oxygens (including phenoxy) is 1. The molecule has 0 saturated heterocycles. The normalized spacial score (nSPS) is 12.8. The van der Waals surface area contributed by atoms with Crippen molar-refractivity contribution in [3.05, 3.63) is 59.7 Å². The first kappa shape index (κ1) is 23.8. The molecule has 0 spiro atoms. The maximum atomic E-state index is 12.5. The number of alkyl carbamates (subject to hydrolysis) is 1. The van der Waals surface area contributed by atoms with Crippen LogP contribution in [0.5, 0.6) is 0 Å². The van der Waals surface area contributed by atoms with Gasteiger partial charge in [0.25, 0.3) is 0 Å². The van der Waals surface area contributed by atoms with Crippen LogP contribution in [0.2, 0.25) is 0 Å². The van der Waals surface area contributed by atoms with Crippen LogP contribution in [-0.4, -0.2) is 79.1 Å². The summed E-state index contributed by atoms with van der Waals surface area (Å²) < 4.78 is 5.39. The van der Waals surface area contributed by atoms with E-state index in [2.05, 4.69) is 5.32 Å². The molecule has 0 unspecified atom stereocenters. The van der Waals surface area contributed by atoms with Gasteiger partial charge < -0.3 is 25.0 Å². The Bertz CT molecular complexity index is 1020. The number of carboxylic acids is 1. The molecule has 174 valence electrons. The number of hydrogen-bond acceptors (Lipinski definition) is 5. The van der Waals surface area contributed by atoms with Crippen LogP contribution in [0.4, 0.5) is 4.79 Å². The zero-order valence-electron chi connectivity index (χ0n) is 18.8. The minimum Gasteiger partial charge on any atom is -0.481 e. The van der Waals surface area contributed by atoms with Crippen molar-refractivity contribution in [2.24, 2.45) is 0 Å². The topological polar surface area (TPSA) is 116 Å². The second kappa shape index (κ2) is 10.2. The fourth-order valence-electron chi connectivity index (χ4n) is 3.95. The highest BCUT2D eigenvalue weighted by Crippen LogP contribution is 2.44. The van der Waals surface area contributed by atoms with E-state index in [1.165, 1.54) is 26.0 Å². The van der Waals surface area contributed by atoms with Crippen molar-refractivity contribution in [3.63, 3.8) is 0 Å². The van der Waals surface area contributed by atoms with Gasteiger partial charge in [-0.25, -0.2) is 4.79 Å². The van der Waals surface area contributed by atoms with E-state index in [4.69, 9.17) is 9.84 Å². The Balaban J connectivity index is 1.58. The smallest absolute Gasteiger partial charge is 0.407 e. The fraction of sp³-hybridized carbons (Fsp3) is 0.333. The molecule has 9 heteroatoms. The maximum Gasteiger partial charge on any atom is 0.407 e. The number of carboxylic acid groups (broad SMARTS) is 1. The van der Waals surface area contributed by atoms with Gasteiger partial charge in [-0.1, -0.05) is 48.5 Å². The highest BCUT2D eigenvalue weighted by molar-refractivity contribution is 5.91. The van der Waals surface area contributed by atoms with Crippen molar-refractivity contribution < 1.29 is 29.0 Å². The third-order valence-corrected chi connectivity index (χ3v) is 5.68. The second-order valence-electron chi connectivity index (χ2n) is 8.03. The summed E-state index contributed by atoms with van der Waals surface area (Å²) in [5.41, 5.74) is 4.35. The largest absolute Gasteiger partial charge is 0.481 e. The van der Waals surface area contributed by atoms with Gasteiger partial charge in [0.15, 0.2) is 0 Å². The van der Waals surface area contributed by atoms with Gasteiger partial charge in [-0.3, -0.25) is 14.4 Å². The number of rotatable bonds is 8. The molecule has 0 aliphatic heterocycles. The Hall–Kier alpha value is -3.88. The van der Waals surface area contributed by atoms with E-state index in [0.29, 0.717) is 0 Å². The van der Waals surface area contributed by atoms with Gasteiger partial charge in [0.2, 0.25) is 11.8 Å². The lowest BCUT2D eigenvalue weighted by Gasteiger charge is -2.28. The van der Waals surface area contributed by atoms with Gasteiger partial charge in [-0.15, -0.1) is 0 Å². The first-order valence-corrected chi connectivity index (χ1v) is 10.5. The van der Waals surface area contributed by atoms with E-state index in [0.717, 1.165) is 27.2 Å². The van der Waals surface area contributed by atoms with Crippen molar-refractivity contribution in [1.29, 1.82) is 0 Å². The van der Waals surface area contributed by atoms with Crippen molar-refractivity contribution in [3.8, 4) is 11.1 Å². The molecule has 3 amide bonds.